The van der Waals surface area contributed by atoms with Crippen LogP contribution >= 0.6 is 0 Å². The van der Waals surface area contributed by atoms with Crippen LogP contribution < -0.4 is 4.43 Å². The molecule has 0 bridgehead atoms. The highest BCUT2D eigenvalue weighted by Gasteiger charge is 2.15. The van der Waals surface area contributed by atoms with Gasteiger partial charge in [0.2, 0.25) is 0 Å². The molecule has 3 heteroatoms. The normalized spacial score (nSPS) is 12.1. The fourth-order valence-corrected chi connectivity index (χ4v) is 3.55. The average molecular weight is 337 g/mol. The Labute approximate surface area is 146 Å². The predicted molar refractivity (Wildman–Crippen MR) is 104 cm³/mol. The Hall–Kier alpha value is -2.00. The molecule has 0 saturated heterocycles. The second-order valence-corrected chi connectivity index (χ2v) is 9.61. The minimum atomic E-state index is -0.799. The van der Waals surface area contributed by atoms with Gasteiger partial charge in [0.25, 0.3) is 9.04 Å². The highest BCUT2D eigenvalue weighted by Crippen LogP contribution is 2.28. The number of fused-ring (bicyclic) bond motifs is 1. The molecule has 2 aromatic carbocycles. The molecule has 0 aliphatic rings. The van der Waals surface area contributed by atoms with E-state index in [0.717, 1.165) is 12.4 Å². The molecule has 0 aliphatic carbocycles. The first-order valence-corrected chi connectivity index (χ1v) is 10.9. The van der Waals surface area contributed by atoms with Crippen LogP contribution in [-0.2, 0) is 12.0 Å². The molecule has 0 aliphatic heterocycles. The van der Waals surface area contributed by atoms with E-state index in [2.05, 4.69) is 93.0 Å². The standard InChI is InChI=1S/C21H26NOSi/c1-21(2,3)18-11-8-9-16(13-18)15-22-19-12-7-6-10-17(19)14-20(22)23-24(4)5/h6-14H,15H2,1-5H3. The maximum Gasteiger partial charge on any atom is 0.276 e. The lowest BCUT2D eigenvalue weighted by Crippen LogP contribution is -2.15. The molecule has 0 unspecified atom stereocenters. The molecule has 24 heavy (non-hydrogen) atoms. The molecule has 0 fully saturated rings. The molecule has 0 spiro atoms. The molecule has 0 atom stereocenters. The third-order valence-electron chi connectivity index (χ3n) is 4.21. The number of aromatic nitrogens is 1. The van der Waals surface area contributed by atoms with Crippen molar-refractivity contribution in [2.45, 2.75) is 45.8 Å². The van der Waals surface area contributed by atoms with Gasteiger partial charge in [0.05, 0.1) is 12.1 Å². The minimum absolute atomic E-state index is 0.164. The van der Waals surface area contributed by atoms with Gasteiger partial charge in [0.15, 0.2) is 5.88 Å². The minimum Gasteiger partial charge on any atom is -0.531 e. The van der Waals surface area contributed by atoms with E-state index in [-0.39, 0.29) is 5.41 Å². The third kappa shape index (κ3) is 3.56. The van der Waals surface area contributed by atoms with Gasteiger partial charge in [-0.1, -0.05) is 63.2 Å². The third-order valence-corrected chi connectivity index (χ3v) is 4.83. The van der Waals surface area contributed by atoms with Crippen LogP contribution in [0, 0.1) is 0 Å². The fourth-order valence-electron chi connectivity index (χ4n) is 2.96. The Kier molecular flexibility index (Phi) is 4.55. The lowest BCUT2D eigenvalue weighted by Gasteiger charge is -2.20. The van der Waals surface area contributed by atoms with Crippen molar-refractivity contribution in [3.63, 3.8) is 0 Å². The quantitative estimate of drug-likeness (QED) is 0.564. The number of para-hydroxylation sites is 1. The summed E-state index contributed by atoms with van der Waals surface area (Å²) in [5, 5.41) is 1.24. The van der Waals surface area contributed by atoms with Gasteiger partial charge in [-0.3, -0.25) is 0 Å². The van der Waals surface area contributed by atoms with Crippen molar-refractivity contribution < 1.29 is 4.43 Å². The van der Waals surface area contributed by atoms with Crippen LogP contribution in [0.2, 0.25) is 13.1 Å². The monoisotopic (exact) mass is 336 g/mol. The molecule has 3 rings (SSSR count). The maximum atomic E-state index is 6.16. The summed E-state index contributed by atoms with van der Waals surface area (Å²) in [6.45, 7) is 12.0. The molecule has 1 aromatic heterocycles. The van der Waals surface area contributed by atoms with Gasteiger partial charge in [-0.2, -0.15) is 0 Å². The number of hydrogen-bond acceptors (Lipinski definition) is 1. The van der Waals surface area contributed by atoms with Crippen molar-refractivity contribution in [3.8, 4) is 5.88 Å². The lowest BCUT2D eigenvalue weighted by atomic mass is 9.86. The summed E-state index contributed by atoms with van der Waals surface area (Å²) in [6, 6.07) is 19.6. The molecule has 3 aromatic rings. The SMILES string of the molecule is C[Si](C)Oc1cc2ccccc2n1Cc1cccc(C(C)(C)C)c1. The number of benzene rings is 2. The average Bonchev–Trinajstić information content (AvgIpc) is 2.84. The molecule has 1 heterocycles. The van der Waals surface area contributed by atoms with E-state index in [1.807, 2.05) is 0 Å². The Morgan fingerprint density at radius 2 is 1.71 bits per heavy atom. The van der Waals surface area contributed by atoms with Crippen LogP contribution in [0.5, 0.6) is 5.88 Å². The summed E-state index contributed by atoms with van der Waals surface area (Å²) in [6.07, 6.45) is 0. The molecule has 2 nitrogen and oxygen atoms in total. The summed E-state index contributed by atoms with van der Waals surface area (Å²) in [7, 11) is -0.799. The van der Waals surface area contributed by atoms with Gasteiger partial charge < -0.3 is 8.99 Å². The first-order valence-electron chi connectivity index (χ1n) is 8.50. The number of nitrogens with zero attached hydrogens (tertiary/aromatic N) is 1. The van der Waals surface area contributed by atoms with Gasteiger partial charge in [0.1, 0.15) is 0 Å². The zero-order valence-electron chi connectivity index (χ0n) is 15.3. The van der Waals surface area contributed by atoms with E-state index in [4.69, 9.17) is 4.43 Å². The molecule has 0 N–H and O–H groups in total. The van der Waals surface area contributed by atoms with Gasteiger partial charge in [0, 0.05) is 11.5 Å². The zero-order valence-corrected chi connectivity index (χ0v) is 16.3. The van der Waals surface area contributed by atoms with Crippen molar-refractivity contribution >= 4 is 19.9 Å². The maximum absolute atomic E-state index is 6.16. The van der Waals surface area contributed by atoms with Gasteiger partial charge in [-0.05, 0) is 35.7 Å². The predicted octanol–water partition coefficient (Wildman–Crippen LogP) is 5.62. The van der Waals surface area contributed by atoms with Crippen molar-refractivity contribution in [1.82, 2.24) is 4.57 Å². The van der Waals surface area contributed by atoms with Crippen LogP contribution in [0.25, 0.3) is 10.9 Å². The summed E-state index contributed by atoms with van der Waals surface area (Å²) in [5.74, 6) is 0.983. The Morgan fingerprint density at radius 3 is 2.42 bits per heavy atom. The first kappa shape index (κ1) is 16.8. The van der Waals surface area contributed by atoms with Crippen molar-refractivity contribution in [2.24, 2.45) is 0 Å². The fraction of sp³-hybridized carbons (Fsp3) is 0.333. The molecular formula is C21H26NOSi. The van der Waals surface area contributed by atoms with Crippen LogP contribution in [0.1, 0.15) is 31.9 Å². The van der Waals surface area contributed by atoms with Crippen molar-refractivity contribution in [1.29, 1.82) is 0 Å². The van der Waals surface area contributed by atoms with E-state index in [9.17, 15) is 0 Å². The Bertz CT molecular complexity index is 842. The summed E-state index contributed by atoms with van der Waals surface area (Å²) < 4.78 is 8.47. The van der Waals surface area contributed by atoms with Crippen molar-refractivity contribution in [2.75, 3.05) is 0 Å². The van der Waals surface area contributed by atoms with E-state index in [1.54, 1.807) is 0 Å². The summed E-state index contributed by atoms with van der Waals surface area (Å²) in [5.41, 5.74) is 4.08. The molecular weight excluding hydrogens is 310 g/mol. The second kappa shape index (κ2) is 6.48. The lowest BCUT2D eigenvalue weighted by molar-refractivity contribution is 0.519. The van der Waals surface area contributed by atoms with E-state index in [1.165, 1.54) is 22.0 Å². The van der Waals surface area contributed by atoms with Gasteiger partial charge in [-0.25, -0.2) is 0 Å². The van der Waals surface area contributed by atoms with Crippen LogP contribution in [0.15, 0.2) is 54.6 Å². The smallest absolute Gasteiger partial charge is 0.276 e. The van der Waals surface area contributed by atoms with E-state index < -0.39 is 9.04 Å². The summed E-state index contributed by atoms with van der Waals surface area (Å²) >= 11 is 0. The largest absolute Gasteiger partial charge is 0.531 e. The van der Waals surface area contributed by atoms with Gasteiger partial charge >= 0.3 is 0 Å². The molecule has 0 saturated carbocycles. The highest BCUT2D eigenvalue weighted by molar-refractivity contribution is 6.49. The Balaban J connectivity index is 2.03. The van der Waals surface area contributed by atoms with Crippen LogP contribution in [-0.4, -0.2) is 13.6 Å². The van der Waals surface area contributed by atoms with Crippen molar-refractivity contribution in [3.05, 3.63) is 65.7 Å². The molecule has 1 radical (unpaired) electrons. The number of rotatable bonds is 4. The van der Waals surface area contributed by atoms with E-state index >= 15 is 0 Å². The first-order chi connectivity index (χ1) is 11.3. The van der Waals surface area contributed by atoms with Crippen LogP contribution in [0.3, 0.4) is 0 Å². The zero-order chi connectivity index (χ0) is 17.3. The van der Waals surface area contributed by atoms with E-state index in [0.29, 0.717) is 0 Å². The van der Waals surface area contributed by atoms with Gasteiger partial charge in [-0.15, -0.1) is 0 Å². The second-order valence-electron chi connectivity index (χ2n) is 7.59. The highest BCUT2D eigenvalue weighted by atomic mass is 28.3. The molecule has 0 amide bonds. The summed E-state index contributed by atoms with van der Waals surface area (Å²) in [4.78, 5) is 0. The number of hydrogen-bond donors (Lipinski definition) is 0. The topological polar surface area (TPSA) is 14.2 Å². The molecule has 125 valence electrons. The van der Waals surface area contributed by atoms with Crippen LogP contribution in [0.4, 0.5) is 0 Å². The Morgan fingerprint density at radius 1 is 0.958 bits per heavy atom.